The van der Waals surface area contributed by atoms with Crippen LogP contribution < -0.4 is 9.47 Å². The van der Waals surface area contributed by atoms with Gasteiger partial charge in [-0.05, 0) is 65.7 Å². The summed E-state index contributed by atoms with van der Waals surface area (Å²) in [5.74, 6) is 0.672. The summed E-state index contributed by atoms with van der Waals surface area (Å²) in [4.78, 5) is 27.1. The second-order valence-electron chi connectivity index (χ2n) is 7.59. The molecule has 1 aliphatic heterocycles. The van der Waals surface area contributed by atoms with E-state index < -0.39 is 0 Å². The molecular weight excluding hydrogens is 493 g/mol. The van der Waals surface area contributed by atoms with Crippen LogP contribution in [0, 0.1) is 6.92 Å². The summed E-state index contributed by atoms with van der Waals surface area (Å²) in [6.45, 7) is 2.38. The maximum atomic E-state index is 12.9. The topological polar surface area (TPSA) is 55.8 Å². The molecule has 0 N–H and O–H groups in total. The molecule has 1 fully saturated rings. The molecule has 1 aliphatic rings. The summed E-state index contributed by atoms with van der Waals surface area (Å²) in [7, 11) is 1.53. The van der Waals surface area contributed by atoms with Crippen LogP contribution in [0.2, 0.25) is 10.0 Å². The van der Waals surface area contributed by atoms with Crippen LogP contribution in [0.5, 0.6) is 11.5 Å². The third-order valence-corrected chi connectivity index (χ3v) is 7.00. The first-order valence-corrected chi connectivity index (χ1v) is 12.0. The normalized spacial score (nSPS) is 14.7. The molecule has 174 valence electrons. The first-order chi connectivity index (χ1) is 16.4. The molecule has 4 rings (SSSR count). The fourth-order valence-corrected chi connectivity index (χ4v) is 4.80. The number of hydrogen-bond donors (Lipinski definition) is 0. The molecule has 0 spiro atoms. The van der Waals surface area contributed by atoms with Gasteiger partial charge in [-0.2, -0.15) is 0 Å². The first-order valence-electron chi connectivity index (χ1n) is 10.4. The Balaban J connectivity index is 1.51. The van der Waals surface area contributed by atoms with Gasteiger partial charge in [-0.25, -0.2) is 0 Å². The lowest BCUT2D eigenvalue weighted by Crippen LogP contribution is -2.27. The molecular formula is C26H21Cl2NO4S. The number of carbonyl (C=O) groups excluding carboxylic acids is 2. The van der Waals surface area contributed by atoms with E-state index in [-0.39, 0.29) is 24.3 Å². The van der Waals surface area contributed by atoms with Gasteiger partial charge in [0.2, 0.25) is 0 Å². The van der Waals surface area contributed by atoms with Gasteiger partial charge >= 0.3 is 0 Å². The van der Waals surface area contributed by atoms with Gasteiger partial charge in [0.1, 0.15) is 6.61 Å². The van der Waals surface area contributed by atoms with Crippen molar-refractivity contribution in [2.45, 2.75) is 20.1 Å². The number of halogens is 2. The fourth-order valence-electron chi connectivity index (χ4n) is 3.46. The standard InChI is InChI=1S/C26H21Cl2NO4S/c1-16-6-3-4-7-18(16)14-29-25(30)24(34-26(29)31)13-17-10-11-22(23(12-17)32-2)33-15-19-20(27)8-5-9-21(19)28/h3-13H,14-15H2,1-2H3/b24-13-. The second kappa shape index (κ2) is 10.6. The Morgan fingerprint density at radius 3 is 2.41 bits per heavy atom. The van der Waals surface area contributed by atoms with E-state index >= 15 is 0 Å². The Labute approximate surface area is 212 Å². The van der Waals surface area contributed by atoms with Crippen LogP contribution in [0.3, 0.4) is 0 Å². The Bertz CT molecular complexity index is 1270. The van der Waals surface area contributed by atoms with Crippen LogP contribution in [0.1, 0.15) is 22.3 Å². The van der Waals surface area contributed by atoms with Crippen LogP contribution in [0.25, 0.3) is 6.08 Å². The van der Waals surface area contributed by atoms with Crippen molar-refractivity contribution < 1.29 is 19.1 Å². The van der Waals surface area contributed by atoms with Gasteiger partial charge in [-0.3, -0.25) is 14.5 Å². The lowest BCUT2D eigenvalue weighted by Gasteiger charge is -2.14. The van der Waals surface area contributed by atoms with E-state index in [1.807, 2.05) is 31.2 Å². The van der Waals surface area contributed by atoms with E-state index in [9.17, 15) is 9.59 Å². The van der Waals surface area contributed by atoms with E-state index in [1.54, 1.807) is 42.5 Å². The van der Waals surface area contributed by atoms with Crippen molar-refractivity contribution >= 4 is 52.2 Å². The minimum atomic E-state index is -0.314. The average Bonchev–Trinajstić information content (AvgIpc) is 3.08. The van der Waals surface area contributed by atoms with Gasteiger partial charge in [0.15, 0.2) is 11.5 Å². The van der Waals surface area contributed by atoms with Crippen LogP contribution in [-0.4, -0.2) is 23.2 Å². The number of hydrogen-bond acceptors (Lipinski definition) is 5. The highest BCUT2D eigenvalue weighted by Crippen LogP contribution is 2.36. The van der Waals surface area contributed by atoms with Crippen molar-refractivity contribution in [1.82, 2.24) is 4.90 Å². The van der Waals surface area contributed by atoms with Gasteiger partial charge in [0, 0.05) is 15.6 Å². The summed E-state index contributed by atoms with van der Waals surface area (Å²) in [6, 6.07) is 18.3. The van der Waals surface area contributed by atoms with Crippen LogP contribution in [-0.2, 0) is 17.9 Å². The molecule has 0 aliphatic carbocycles. The third kappa shape index (κ3) is 5.25. The predicted octanol–water partition coefficient (Wildman–Crippen LogP) is 7.13. The Morgan fingerprint density at radius 1 is 0.971 bits per heavy atom. The minimum Gasteiger partial charge on any atom is -0.493 e. The second-order valence-corrected chi connectivity index (χ2v) is 9.40. The monoisotopic (exact) mass is 513 g/mol. The summed E-state index contributed by atoms with van der Waals surface area (Å²) in [5.41, 5.74) is 3.36. The molecule has 8 heteroatoms. The number of amides is 2. The van der Waals surface area contributed by atoms with Gasteiger partial charge in [-0.15, -0.1) is 0 Å². The molecule has 1 heterocycles. The molecule has 5 nitrogen and oxygen atoms in total. The highest BCUT2D eigenvalue weighted by Gasteiger charge is 2.35. The van der Waals surface area contributed by atoms with E-state index in [0.29, 0.717) is 37.6 Å². The van der Waals surface area contributed by atoms with Crippen LogP contribution >= 0.6 is 35.0 Å². The molecule has 0 saturated carbocycles. The van der Waals surface area contributed by atoms with Gasteiger partial charge in [0.05, 0.1) is 18.6 Å². The van der Waals surface area contributed by atoms with E-state index in [0.717, 1.165) is 22.9 Å². The molecule has 0 bridgehead atoms. The average molecular weight is 514 g/mol. The summed E-state index contributed by atoms with van der Waals surface area (Å²) in [6.07, 6.45) is 1.68. The molecule has 3 aromatic carbocycles. The molecule has 34 heavy (non-hydrogen) atoms. The van der Waals surface area contributed by atoms with E-state index in [2.05, 4.69) is 0 Å². The SMILES string of the molecule is COc1cc(/C=C2\SC(=O)N(Cc3ccccc3C)C2=O)ccc1OCc1c(Cl)cccc1Cl. The van der Waals surface area contributed by atoms with Crippen molar-refractivity contribution in [3.05, 3.63) is 97.9 Å². The summed E-state index contributed by atoms with van der Waals surface area (Å²) >= 11 is 13.4. The quantitative estimate of drug-likeness (QED) is 0.314. The third-order valence-electron chi connectivity index (χ3n) is 5.38. The van der Waals surface area contributed by atoms with Gasteiger partial charge in [-0.1, -0.05) is 59.6 Å². The number of carbonyl (C=O) groups is 2. The summed E-state index contributed by atoms with van der Waals surface area (Å²) < 4.78 is 11.4. The number of imide groups is 1. The summed E-state index contributed by atoms with van der Waals surface area (Å²) in [5, 5.41) is 0.747. The lowest BCUT2D eigenvalue weighted by molar-refractivity contribution is -0.123. The maximum absolute atomic E-state index is 12.9. The predicted molar refractivity (Wildman–Crippen MR) is 136 cm³/mol. The van der Waals surface area contributed by atoms with E-state index in [1.165, 1.54) is 12.0 Å². The smallest absolute Gasteiger partial charge is 0.293 e. The molecule has 0 radical (unpaired) electrons. The minimum absolute atomic E-state index is 0.173. The lowest BCUT2D eigenvalue weighted by atomic mass is 10.1. The van der Waals surface area contributed by atoms with Crippen molar-refractivity contribution in [3.63, 3.8) is 0 Å². The molecule has 0 aromatic heterocycles. The van der Waals surface area contributed by atoms with Gasteiger partial charge in [0.25, 0.3) is 11.1 Å². The Kier molecular flexibility index (Phi) is 7.51. The molecule has 2 amide bonds. The number of methoxy groups -OCH3 is 1. The Hall–Kier alpha value is -2.93. The molecule has 1 saturated heterocycles. The van der Waals surface area contributed by atoms with Crippen molar-refractivity contribution in [2.75, 3.05) is 7.11 Å². The van der Waals surface area contributed by atoms with Crippen LogP contribution in [0.4, 0.5) is 4.79 Å². The van der Waals surface area contributed by atoms with Crippen molar-refractivity contribution in [2.24, 2.45) is 0 Å². The highest BCUT2D eigenvalue weighted by molar-refractivity contribution is 8.18. The van der Waals surface area contributed by atoms with Crippen LogP contribution in [0.15, 0.2) is 65.6 Å². The Morgan fingerprint density at radius 2 is 1.71 bits per heavy atom. The molecule has 0 unspecified atom stereocenters. The number of rotatable bonds is 7. The van der Waals surface area contributed by atoms with Gasteiger partial charge < -0.3 is 9.47 Å². The number of ether oxygens (including phenoxy) is 2. The number of thioether (sulfide) groups is 1. The highest BCUT2D eigenvalue weighted by atomic mass is 35.5. The van der Waals surface area contributed by atoms with E-state index in [4.69, 9.17) is 32.7 Å². The fraction of sp³-hybridized carbons (Fsp3) is 0.154. The molecule has 3 aromatic rings. The van der Waals surface area contributed by atoms with Crippen molar-refractivity contribution in [3.8, 4) is 11.5 Å². The zero-order valence-corrected chi connectivity index (χ0v) is 20.8. The first kappa shape index (κ1) is 24.2. The number of benzene rings is 3. The number of aryl methyl sites for hydroxylation is 1. The maximum Gasteiger partial charge on any atom is 0.293 e. The number of nitrogens with zero attached hydrogens (tertiary/aromatic N) is 1. The largest absolute Gasteiger partial charge is 0.493 e. The zero-order valence-electron chi connectivity index (χ0n) is 18.5. The zero-order chi connectivity index (χ0) is 24.2. The molecule has 0 atom stereocenters. The van der Waals surface area contributed by atoms with Crippen molar-refractivity contribution in [1.29, 1.82) is 0 Å².